The number of carbonyl (C=O) groups excluding carboxylic acids is 1. The predicted molar refractivity (Wildman–Crippen MR) is 82.7 cm³/mol. The zero-order chi connectivity index (χ0) is 15.7. The van der Waals surface area contributed by atoms with Crippen LogP contribution in [0.3, 0.4) is 0 Å². The highest BCUT2D eigenvalue weighted by Crippen LogP contribution is 2.14. The van der Waals surface area contributed by atoms with Crippen LogP contribution in [0, 0.1) is 11.8 Å². The van der Waals surface area contributed by atoms with E-state index in [1.165, 1.54) is 0 Å². The lowest BCUT2D eigenvalue weighted by atomic mass is 10.1. The molecule has 21 heavy (non-hydrogen) atoms. The van der Waals surface area contributed by atoms with Gasteiger partial charge >= 0.3 is 0 Å². The first-order chi connectivity index (χ1) is 10.2. The van der Waals surface area contributed by atoms with E-state index in [1.807, 2.05) is 13.8 Å². The summed E-state index contributed by atoms with van der Waals surface area (Å²) in [5, 5.41) is 9.22. The number of rotatable bonds is 6. The molecule has 5 nitrogen and oxygen atoms in total. The maximum Gasteiger partial charge on any atom is 0.274 e. The molecule has 1 aromatic rings. The van der Waals surface area contributed by atoms with Crippen molar-refractivity contribution in [3.8, 4) is 11.8 Å². The van der Waals surface area contributed by atoms with Gasteiger partial charge in [-0.3, -0.25) is 4.79 Å². The molecule has 0 saturated heterocycles. The highest BCUT2D eigenvalue weighted by molar-refractivity contribution is 5.95. The molecular formula is C16H23N3O2. The van der Waals surface area contributed by atoms with Gasteiger partial charge in [-0.1, -0.05) is 25.7 Å². The molecule has 0 aliphatic rings. The maximum absolute atomic E-state index is 12.7. The first-order valence-electron chi connectivity index (χ1n) is 7.25. The molecule has 0 unspecified atom stereocenters. The molecule has 1 rings (SSSR count). The van der Waals surface area contributed by atoms with Crippen LogP contribution >= 0.6 is 0 Å². The van der Waals surface area contributed by atoms with Gasteiger partial charge in [-0.15, -0.1) is 0 Å². The predicted octanol–water partition coefficient (Wildman–Crippen LogP) is 1.01. The normalized spacial score (nSPS) is 10.1. The standard InChI is InChI=1S/C16H23N3O2/c1-3-14(4-2)19(11-12-20)16(21)15-13(7-5-9-17)8-6-10-18-15/h6,8,10,14,20H,3-4,9,11-12,17H2,1-2H3. The SMILES string of the molecule is CCC(CC)N(CCO)C(=O)c1ncccc1C#CCN. The molecular weight excluding hydrogens is 266 g/mol. The van der Waals surface area contributed by atoms with Crippen molar-refractivity contribution in [3.63, 3.8) is 0 Å². The topological polar surface area (TPSA) is 79.5 Å². The van der Waals surface area contributed by atoms with E-state index in [9.17, 15) is 9.90 Å². The number of aliphatic hydroxyl groups excluding tert-OH is 1. The molecule has 0 radical (unpaired) electrons. The molecule has 0 aliphatic heterocycles. The molecule has 0 aromatic carbocycles. The lowest BCUT2D eigenvalue weighted by Crippen LogP contribution is -2.42. The minimum absolute atomic E-state index is 0.0706. The summed E-state index contributed by atoms with van der Waals surface area (Å²) in [7, 11) is 0. The first-order valence-corrected chi connectivity index (χ1v) is 7.25. The van der Waals surface area contributed by atoms with Gasteiger partial charge in [0, 0.05) is 18.8 Å². The lowest BCUT2D eigenvalue weighted by Gasteiger charge is -2.30. The van der Waals surface area contributed by atoms with Gasteiger partial charge in [0.1, 0.15) is 5.69 Å². The van der Waals surface area contributed by atoms with Crippen LogP contribution in [-0.2, 0) is 0 Å². The van der Waals surface area contributed by atoms with Gasteiger partial charge in [0.25, 0.3) is 5.91 Å². The van der Waals surface area contributed by atoms with E-state index in [0.29, 0.717) is 17.8 Å². The van der Waals surface area contributed by atoms with E-state index in [0.717, 1.165) is 12.8 Å². The van der Waals surface area contributed by atoms with Crippen LogP contribution in [0.4, 0.5) is 0 Å². The third kappa shape index (κ3) is 4.55. The van der Waals surface area contributed by atoms with Crippen molar-refractivity contribution in [1.29, 1.82) is 0 Å². The Kier molecular flexibility index (Phi) is 7.44. The largest absolute Gasteiger partial charge is 0.395 e. The van der Waals surface area contributed by atoms with Gasteiger partial charge in [-0.05, 0) is 25.0 Å². The smallest absolute Gasteiger partial charge is 0.274 e. The Balaban J connectivity index is 3.14. The van der Waals surface area contributed by atoms with Gasteiger partial charge in [-0.25, -0.2) is 4.98 Å². The van der Waals surface area contributed by atoms with Crippen LogP contribution in [0.1, 0.15) is 42.7 Å². The molecule has 3 N–H and O–H groups in total. The molecule has 0 atom stereocenters. The summed E-state index contributed by atoms with van der Waals surface area (Å²) in [6, 6.07) is 3.58. The first kappa shape index (κ1) is 17.2. The number of aliphatic hydroxyl groups is 1. The number of aromatic nitrogens is 1. The van der Waals surface area contributed by atoms with E-state index in [-0.39, 0.29) is 25.1 Å². The van der Waals surface area contributed by atoms with Crippen LogP contribution in [0.15, 0.2) is 18.3 Å². The summed E-state index contributed by atoms with van der Waals surface area (Å²) in [6.07, 6.45) is 3.24. The fourth-order valence-corrected chi connectivity index (χ4v) is 2.25. The lowest BCUT2D eigenvalue weighted by molar-refractivity contribution is 0.0616. The van der Waals surface area contributed by atoms with Crippen molar-refractivity contribution in [3.05, 3.63) is 29.6 Å². The summed E-state index contributed by atoms with van der Waals surface area (Å²) in [4.78, 5) is 18.6. The molecule has 0 saturated carbocycles. The minimum Gasteiger partial charge on any atom is -0.395 e. The summed E-state index contributed by atoms with van der Waals surface area (Å²) in [6.45, 7) is 4.51. The van der Waals surface area contributed by atoms with Crippen molar-refractivity contribution in [1.82, 2.24) is 9.88 Å². The molecule has 0 aliphatic carbocycles. The quantitative estimate of drug-likeness (QED) is 0.766. The van der Waals surface area contributed by atoms with E-state index in [2.05, 4.69) is 16.8 Å². The zero-order valence-electron chi connectivity index (χ0n) is 12.7. The Morgan fingerprint density at radius 1 is 1.48 bits per heavy atom. The van der Waals surface area contributed by atoms with Gasteiger partial charge < -0.3 is 15.7 Å². The second-order valence-electron chi connectivity index (χ2n) is 4.60. The molecule has 0 spiro atoms. The van der Waals surface area contributed by atoms with Crippen LogP contribution < -0.4 is 5.73 Å². The summed E-state index contributed by atoms with van der Waals surface area (Å²) in [5.41, 5.74) is 6.27. The van der Waals surface area contributed by atoms with E-state index in [1.54, 1.807) is 23.2 Å². The summed E-state index contributed by atoms with van der Waals surface area (Å²) in [5.74, 6) is 5.43. The molecule has 0 fully saturated rings. The Morgan fingerprint density at radius 2 is 2.19 bits per heavy atom. The van der Waals surface area contributed by atoms with Crippen LogP contribution in [0.25, 0.3) is 0 Å². The van der Waals surface area contributed by atoms with E-state index < -0.39 is 0 Å². The maximum atomic E-state index is 12.7. The Hall–Kier alpha value is -1.90. The van der Waals surface area contributed by atoms with Crippen molar-refractivity contribution in [2.75, 3.05) is 19.7 Å². The summed E-state index contributed by atoms with van der Waals surface area (Å²) >= 11 is 0. The second kappa shape index (κ2) is 9.11. The number of pyridine rings is 1. The van der Waals surface area contributed by atoms with Gasteiger partial charge in [0.05, 0.1) is 18.7 Å². The fourth-order valence-electron chi connectivity index (χ4n) is 2.25. The molecule has 1 amide bonds. The Bertz CT molecular complexity index is 516. The number of nitrogens with zero attached hydrogens (tertiary/aromatic N) is 2. The number of hydrogen-bond donors (Lipinski definition) is 2. The highest BCUT2D eigenvalue weighted by Gasteiger charge is 2.24. The molecule has 1 heterocycles. The number of nitrogens with two attached hydrogens (primary N) is 1. The van der Waals surface area contributed by atoms with Crippen molar-refractivity contribution in [2.45, 2.75) is 32.7 Å². The van der Waals surface area contributed by atoms with Gasteiger partial charge in [0.2, 0.25) is 0 Å². The number of hydrogen-bond acceptors (Lipinski definition) is 4. The van der Waals surface area contributed by atoms with Crippen LogP contribution in [0.5, 0.6) is 0 Å². The molecule has 114 valence electrons. The number of amides is 1. The van der Waals surface area contributed by atoms with Crippen molar-refractivity contribution in [2.24, 2.45) is 5.73 Å². The minimum atomic E-state index is -0.195. The third-order valence-corrected chi connectivity index (χ3v) is 3.32. The van der Waals surface area contributed by atoms with Crippen LogP contribution in [0.2, 0.25) is 0 Å². The van der Waals surface area contributed by atoms with E-state index >= 15 is 0 Å². The van der Waals surface area contributed by atoms with Crippen LogP contribution in [-0.4, -0.2) is 46.6 Å². The molecule has 1 aromatic heterocycles. The van der Waals surface area contributed by atoms with Crippen molar-refractivity contribution >= 4 is 5.91 Å². The molecule has 5 heteroatoms. The average molecular weight is 289 g/mol. The monoisotopic (exact) mass is 289 g/mol. The van der Waals surface area contributed by atoms with Crippen molar-refractivity contribution < 1.29 is 9.90 Å². The van der Waals surface area contributed by atoms with E-state index in [4.69, 9.17) is 5.73 Å². The molecule has 0 bridgehead atoms. The zero-order valence-corrected chi connectivity index (χ0v) is 12.7. The Labute approximate surface area is 126 Å². The number of carbonyl (C=O) groups is 1. The summed E-state index contributed by atoms with van der Waals surface area (Å²) < 4.78 is 0. The fraction of sp³-hybridized carbons (Fsp3) is 0.500. The van der Waals surface area contributed by atoms with Gasteiger partial charge in [-0.2, -0.15) is 0 Å². The highest BCUT2D eigenvalue weighted by atomic mass is 16.3. The van der Waals surface area contributed by atoms with Gasteiger partial charge in [0.15, 0.2) is 0 Å². The Morgan fingerprint density at radius 3 is 2.76 bits per heavy atom. The third-order valence-electron chi connectivity index (χ3n) is 3.32. The average Bonchev–Trinajstić information content (AvgIpc) is 2.52. The second-order valence-corrected chi connectivity index (χ2v) is 4.60.